The van der Waals surface area contributed by atoms with Crippen molar-refractivity contribution in [3.63, 3.8) is 0 Å². The normalized spacial score (nSPS) is 27.4. The Balaban J connectivity index is 1.23. The van der Waals surface area contributed by atoms with Crippen molar-refractivity contribution in [3.8, 4) is 0 Å². The molecule has 4 aliphatic rings. The maximum Gasteiger partial charge on any atom is 0.338 e. The molecule has 0 radical (unpaired) electrons. The number of carbonyl (C=O) groups is 2. The van der Waals surface area contributed by atoms with E-state index < -0.39 is 0 Å². The van der Waals surface area contributed by atoms with E-state index in [-0.39, 0.29) is 23.4 Å². The first-order valence-corrected chi connectivity index (χ1v) is 13.3. The number of hydrogen-bond acceptors (Lipinski definition) is 4. The van der Waals surface area contributed by atoms with Gasteiger partial charge in [-0.3, -0.25) is 4.79 Å². The number of ether oxygens (including phenoxy) is 1. The number of esters is 1. The second-order valence-corrected chi connectivity index (χ2v) is 11.5. The van der Waals surface area contributed by atoms with E-state index >= 15 is 0 Å². The molecular formula is C29H35ClN2O3. The predicted molar refractivity (Wildman–Crippen MR) is 138 cm³/mol. The molecule has 0 saturated heterocycles. The second kappa shape index (κ2) is 10.3. The maximum atomic E-state index is 13.2. The standard InChI is InChI=1S/C29H35ClN2O3/c1-31-17-24(35-28(34)23-5-3-2-4-6-23)12-19-7-8-26(30)25(13-19)27(33)32-18-29-14-20-9-21(15-29)11-22(10-20)16-29/h2-8,13,20-22,24,31H,9-12,14-18H2,1H3,(H,32,33)/t20?,21?,22?,24-,29?/m1/s1. The highest BCUT2D eigenvalue weighted by Gasteiger charge is 2.50. The molecule has 4 bridgehead atoms. The molecule has 0 heterocycles. The van der Waals surface area contributed by atoms with E-state index in [9.17, 15) is 9.59 Å². The van der Waals surface area contributed by atoms with Crippen LogP contribution in [0.15, 0.2) is 48.5 Å². The van der Waals surface area contributed by atoms with Crippen molar-refractivity contribution in [2.24, 2.45) is 23.2 Å². The van der Waals surface area contributed by atoms with Crippen LogP contribution in [-0.4, -0.2) is 38.1 Å². The highest BCUT2D eigenvalue weighted by atomic mass is 35.5. The van der Waals surface area contributed by atoms with E-state index in [1.165, 1.54) is 38.5 Å². The number of carbonyl (C=O) groups excluding carboxylic acids is 2. The molecule has 1 amide bonds. The number of nitrogens with one attached hydrogen (secondary N) is 2. The Bertz CT molecular complexity index is 1040. The summed E-state index contributed by atoms with van der Waals surface area (Å²) >= 11 is 6.45. The van der Waals surface area contributed by atoms with Crippen molar-refractivity contribution in [1.29, 1.82) is 0 Å². The van der Waals surface area contributed by atoms with Gasteiger partial charge in [-0.15, -0.1) is 0 Å². The van der Waals surface area contributed by atoms with E-state index in [4.69, 9.17) is 16.3 Å². The molecule has 186 valence electrons. The molecule has 4 saturated carbocycles. The number of benzene rings is 2. The monoisotopic (exact) mass is 494 g/mol. The van der Waals surface area contributed by atoms with Gasteiger partial charge >= 0.3 is 5.97 Å². The van der Waals surface area contributed by atoms with Crippen LogP contribution in [-0.2, 0) is 11.2 Å². The van der Waals surface area contributed by atoms with Crippen LogP contribution in [0.4, 0.5) is 0 Å². The van der Waals surface area contributed by atoms with Crippen molar-refractivity contribution in [2.75, 3.05) is 20.1 Å². The minimum atomic E-state index is -0.364. The van der Waals surface area contributed by atoms with Crippen LogP contribution in [0.1, 0.15) is 64.8 Å². The van der Waals surface area contributed by atoms with E-state index in [1.54, 1.807) is 18.2 Å². The molecule has 2 aromatic carbocycles. The molecule has 4 fully saturated rings. The Kier molecular flexibility index (Phi) is 7.17. The summed E-state index contributed by atoms with van der Waals surface area (Å²) in [5, 5.41) is 6.78. The lowest BCUT2D eigenvalue weighted by Crippen LogP contribution is -2.51. The van der Waals surface area contributed by atoms with Crippen molar-refractivity contribution in [3.05, 3.63) is 70.2 Å². The zero-order valence-electron chi connectivity index (χ0n) is 20.4. The minimum absolute atomic E-state index is 0.112. The molecule has 4 aliphatic carbocycles. The van der Waals surface area contributed by atoms with Crippen LogP contribution in [0.25, 0.3) is 0 Å². The lowest BCUT2D eigenvalue weighted by atomic mass is 9.49. The molecule has 1 atom stereocenters. The number of hydrogen-bond donors (Lipinski definition) is 2. The first-order chi connectivity index (χ1) is 16.9. The predicted octanol–water partition coefficient (Wildman–Crippen LogP) is 5.27. The van der Waals surface area contributed by atoms with Gasteiger partial charge in [0.25, 0.3) is 5.91 Å². The second-order valence-electron chi connectivity index (χ2n) is 11.1. The molecule has 6 heteroatoms. The molecular weight excluding hydrogens is 460 g/mol. The Labute approximate surface area is 213 Å². The van der Waals surface area contributed by atoms with Crippen LogP contribution < -0.4 is 10.6 Å². The van der Waals surface area contributed by atoms with Crippen molar-refractivity contribution in [1.82, 2.24) is 10.6 Å². The average molecular weight is 495 g/mol. The quantitative estimate of drug-likeness (QED) is 0.466. The summed E-state index contributed by atoms with van der Waals surface area (Å²) in [5.74, 6) is 2.10. The van der Waals surface area contributed by atoms with E-state index in [2.05, 4.69) is 10.6 Å². The molecule has 0 unspecified atom stereocenters. The number of amides is 1. The summed E-state index contributed by atoms with van der Waals surface area (Å²) in [5.41, 5.74) is 2.20. The Morgan fingerprint density at radius 3 is 2.31 bits per heavy atom. The lowest BCUT2D eigenvalue weighted by molar-refractivity contribution is -0.0503. The molecule has 0 aromatic heterocycles. The van der Waals surface area contributed by atoms with Crippen LogP contribution in [0.3, 0.4) is 0 Å². The van der Waals surface area contributed by atoms with Crippen molar-refractivity contribution < 1.29 is 14.3 Å². The summed E-state index contributed by atoms with van der Waals surface area (Å²) in [4.78, 5) is 25.8. The van der Waals surface area contributed by atoms with Gasteiger partial charge in [0.15, 0.2) is 0 Å². The summed E-state index contributed by atoms with van der Waals surface area (Å²) in [7, 11) is 1.83. The minimum Gasteiger partial charge on any atom is -0.457 e. The van der Waals surface area contributed by atoms with E-state index in [0.29, 0.717) is 29.1 Å². The first-order valence-electron chi connectivity index (χ1n) is 12.9. The lowest BCUT2D eigenvalue weighted by Gasteiger charge is -2.56. The first kappa shape index (κ1) is 24.3. The molecule has 35 heavy (non-hydrogen) atoms. The third-order valence-electron chi connectivity index (χ3n) is 8.24. The molecule has 5 nitrogen and oxygen atoms in total. The largest absolute Gasteiger partial charge is 0.457 e. The van der Waals surface area contributed by atoms with Gasteiger partial charge in [-0.2, -0.15) is 0 Å². The fourth-order valence-electron chi connectivity index (χ4n) is 7.18. The van der Waals surface area contributed by atoms with Gasteiger partial charge in [-0.1, -0.05) is 35.9 Å². The maximum absolute atomic E-state index is 13.2. The Morgan fingerprint density at radius 2 is 1.69 bits per heavy atom. The van der Waals surface area contributed by atoms with E-state index in [1.807, 2.05) is 37.4 Å². The molecule has 0 aliphatic heterocycles. The summed E-state index contributed by atoms with van der Waals surface area (Å²) in [6.45, 7) is 1.25. The van der Waals surface area contributed by atoms with Gasteiger partial charge < -0.3 is 15.4 Å². The fourth-order valence-corrected chi connectivity index (χ4v) is 7.39. The van der Waals surface area contributed by atoms with Gasteiger partial charge in [-0.05, 0) is 98.6 Å². The number of halogens is 1. The third-order valence-corrected chi connectivity index (χ3v) is 8.57. The summed E-state index contributed by atoms with van der Waals surface area (Å²) in [6.07, 6.45) is 8.07. The number of rotatable bonds is 9. The van der Waals surface area contributed by atoms with Crippen LogP contribution >= 0.6 is 11.6 Å². The van der Waals surface area contributed by atoms with Crippen LogP contribution in [0.2, 0.25) is 5.02 Å². The van der Waals surface area contributed by atoms with Gasteiger partial charge in [0, 0.05) is 19.5 Å². The molecule has 0 spiro atoms. The smallest absolute Gasteiger partial charge is 0.338 e. The molecule has 6 rings (SSSR count). The Hall–Kier alpha value is -2.37. The van der Waals surface area contributed by atoms with Gasteiger partial charge in [0.1, 0.15) is 6.10 Å². The molecule has 2 aromatic rings. The van der Waals surface area contributed by atoms with Gasteiger partial charge in [0.05, 0.1) is 16.1 Å². The van der Waals surface area contributed by atoms with Crippen molar-refractivity contribution >= 4 is 23.5 Å². The zero-order chi connectivity index (χ0) is 24.4. The Morgan fingerprint density at radius 1 is 1.03 bits per heavy atom. The fraction of sp³-hybridized carbons (Fsp3) is 0.517. The summed E-state index contributed by atoms with van der Waals surface area (Å²) < 4.78 is 5.76. The van der Waals surface area contributed by atoms with Crippen LogP contribution in [0.5, 0.6) is 0 Å². The summed E-state index contributed by atoms with van der Waals surface area (Å²) in [6, 6.07) is 14.5. The molecule has 2 N–H and O–H groups in total. The highest BCUT2D eigenvalue weighted by Crippen LogP contribution is 2.59. The zero-order valence-corrected chi connectivity index (χ0v) is 21.2. The number of likely N-dealkylation sites (N-methyl/N-ethyl adjacent to an activating group) is 1. The van der Waals surface area contributed by atoms with Gasteiger partial charge in [-0.25, -0.2) is 4.79 Å². The van der Waals surface area contributed by atoms with E-state index in [0.717, 1.165) is 29.9 Å². The third kappa shape index (κ3) is 5.57. The average Bonchev–Trinajstić information content (AvgIpc) is 2.83. The van der Waals surface area contributed by atoms with Crippen LogP contribution in [0, 0.1) is 23.2 Å². The highest BCUT2D eigenvalue weighted by molar-refractivity contribution is 6.33. The SMILES string of the molecule is CNC[C@@H](Cc1ccc(Cl)c(C(=O)NCC23CC4CC(CC(C4)C2)C3)c1)OC(=O)c1ccccc1. The topological polar surface area (TPSA) is 67.4 Å². The van der Waals surface area contributed by atoms with Crippen molar-refractivity contribution in [2.45, 2.75) is 51.0 Å². The van der Waals surface area contributed by atoms with Gasteiger partial charge in [0.2, 0.25) is 0 Å².